The zero-order chi connectivity index (χ0) is 25.1. The number of rotatable bonds is 7. The zero-order valence-electron chi connectivity index (χ0n) is 19.8. The Hall–Kier alpha value is -4.06. The fraction of sp³-hybridized carbons (Fsp3) is 0.261. The van der Waals surface area contributed by atoms with Crippen LogP contribution in [-0.2, 0) is 9.53 Å². The number of aromatic nitrogens is 6. The van der Waals surface area contributed by atoms with Gasteiger partial charge in [-0.1, -0.05) is 0 Å². The van der Waals surface area contributed by atoms with Crippen molar-refractivity contribution in [3.05, 3.63) is 58.9 Å². The number of nitrogens with one attached hydrogen (secondary N) is 1. The van der Waals surface area contributed by atoms with Crippen LogP contribution in [0.2, 0.25) is 0 Å². The van der Waals surface area contributed by atoms with Gasteiger partial charge in [-0.25, -0.2) is 24.7 Å². The SMILES string of the molecule is CSc1nc(-c2ccco2)nc(C)c1C(=O)OCC(=O)Nc1cc(C)nn1-c1nc(C)cc(C)n1. The highest BCUT2D eigenvalue weighted by Gasteiger charge is 2.22. The van der Waals surface area contributed by atoms with E-state index < -0.39 is 18.5 Å². The summed E-state index contributed by atoms with van der Waals surface area (Å²) < 4.78 is 12.1. The molecule has 1 amide bonds. The Kier molecular flexibility index (Phi) is 6.92. The average Bonchev–Trinajstić information content (AvgIpc) is 3.46. The predicted octanol–water partition coefficient (Wildman–Crippen LogP) is 3.46. The van der Waals surface area contributed by atoms with Gasteiger partial charge >= 0.3 is 5.97 Å². The summed E-state index contributed by atoms with van der Waals surface area (Å²) in [6.45, 7) is 6.65. The molecule has 0 aliphatic carbocycles. The molecule has 4 rings (SSSR count). The number of carbonyl (C=O) groups excluding carboxylic acids is 2. The minimum absolute atomic E-state index is 0.199. The quantitative estimate of drug-likeness (QED) is 0.231. The lowest BCUT2D eigenvalue weighted by atomic mass is 10.2. The number of hydrogen-bond acceptors (Lipinski definition) is 10. The van der Waals surface area contributed by atoms with Crippen LogP contribution in [0.25, 0.3) is 17.5 Å². The maximum absolute atomic E-state index is 12.8. The van der Waals surface area contributed by atoms with Crippen LogP contribution in [0.1, 0.15) is 33.1 Å². The van der Waals surface area contributed by atoms with Gasteiger partial charge in [0.25, 0.3) is 11.9 Å². The molecule has 0 fully saturated rings. The minimum atomic E-state index is -0.699. The van der Waals surface area contributed by atoms with Crippen molar-refractivity contribution in [2.75, 3.05) is 18.2 Å². The molecular weight excluding hydrogens is 470 g/mol. The third-order valence-electron chi connectivity index (χ3n) is 4.79. The van der Waals surface area contributed by atoms with Crippen molar-refractivity contribution in [2.45, 2.75) is 32.7 Å². The molecule has 0 saturated carbocycles. The molecule has 0 spiro atoms. The lowest BCUT2D eigenvalue weighted by Crippen LogP contribution is -2.23. The smallest absolute Gasteiger partial charge is 0.343 e. The molecule has 0 aliphatic heterocycles. The number of nitrogens with zero attached hydrogens (tertiary/aromatic N) is 6. The van der Waals surface area contributed by atoms with Crippen LogP contribution in [-0.4, -0.2) is 54.5 Å². The number of thioether (sulfide) groups is 1. The molecule has 4 aromatic rings. The first kappa shape index (κ1) is 24.1. The highest BCUT2D eigenvalue weighted by molar-refractivity contribution is 7.98. The maximum Gasteiger partial charge on any atom is 0.343 e. The lowest BCUT2D eigenvalue weighted by molar-refractivity contribution is -0.119. The first-order valence-corrected chi connectivity index (χ1v) is 11.8. The van der Waals surface area contributed by atoms with Gasteiger partial charge in [-0.2, -0.15) is 9.78 Å². The van der Waals surface area contributed by atoms with Crippen LogP contribution in [0, 0.1) is 27.7 Å². The van der Waals surface area contributed by atoms with Gasteiger partial charge in [0.1, 0.15) is 16.4 Å². The van der Waals surface area contributed by atoms with Crippen molar-refractivity contribution in [3.8, 4) is 17.5 Å². The topological polar surface area (TPSA) is 138 Å². The molecule has 0 bridgehead atoms. The number of amides is 1. The fourth-order valence-corrected chi connectivity index (χ4v) is 3.98. The Morgan fingerprint density at radius 3 is 2.46 bits per heavy atom. The van der Waals surface area contributed by atoms with E-state index in [1.165, 1.54) is 22.7 Å². The Balaban J connectivity index is 1.48. The number of ether oxygens (including phenoxy) is 1. The lowest BCUT2D eigenvalue weighted by Gasteiger charge is -2.12. The molecule has 0 aliphatic rings. The highest BCUT2D eigenvalue weighted by Crippen LogP contribution is 2.25. The van der Waals surface area contributed by atoms with Gasteiger partial charge in [0.2, 0.25) is 0 Å². The molecule has 12 heteroatoms. The first-order chi connectivity index (χ1) is 16.7. The maximum atomic E-state index is 12.8. The summed E-state index contributed by atoms with van der Waals surface area (Å²) in [5.74, 6) is 0.305. The summed E-state index contributed by atoms with van der Waals surface area (Å²) in [5.41, 5.74) is 2.82. The van der Waals surface area contributed by atoms with Crippen molar-refractivity contribution >= 4 is 29.5 Å². The first-order valence-electron chi connectivity index (χ1n) is 10.6. The molecule has 4 aromatic heterocycles. The molecule has 0 atom stereocenters. The van der Waals surface area contributed by atoms with Gasteiger partial charge in [-0.15, -0.1) is 11.8 Å². The van der Waals surface area contributed by atoms with E-state index in [0.717, 1.165) is 11.4 Å². The third kappa shape index (κ3) is 5.38. The molecule has 180 valence electrons. The third-order valence-corrected chi connectivity index (χ3v) is 5.47. The van der Waals surface area contributed by atoms with Crippen molar-refractivity contribution < 1.29 is 18.7 Å². The van der Waals surface area contributed by atoms with Gasteiger partial charge in [0, 0.05) is 17.5 Å². The number of esters is 1. The van der Waals surface area contributed by atoms with E-state index in [1.807, 2.05) is 19.9 Å². The minimum Gasteiger partial charge on any atom is -0.461 e. The summed E-state index contributed by atoms with van der Waals surface area (Å²) in [6.07, 6.45) is 3.31. The highest BCUT2D eigenvalue weighted by atomic mass is 32.2. The Morgan fingerprint density at radius 1 is 1.06 bits per heavy atom. The van der Waals surface area contributed by atoms with E-state index in [9.17, 15) is 9.59 Å². The van der Waals surface area contributed by atoms with Crippen molar-refractivity contribution in [3.63, 3.8) is 0 Å². The Morgan fingerprint density at radius 2 is 1.80 bits per heavy atom. The van der Waals surface area contributed by atoms with E-state index in [2.05, 4.69) is 30.4 Å². The van der Waals surface area contributed by atoms with E-state index in [0.29, 0.717) is 39.8 Å². The molecule has 1 N–H and O–H groups in total. The second-order valence-electron chi connectivity index (χ2n) is 7.65. The normalized spacial score (nSPS) is 10.9. The monoisotopic (exact) mass is 493 g/mol. The van der Waals surface area contributed by atoms with Crippen LogP contribution in [0.4, 0.5) is 5.82 Å². The van der Waals surface area contributed by atoms with Crippen LogP contribution in [0.15, 0.2) is 40.0 Å². The molecule has 4 heterocycles. The number of furan rings is 1. The van der Waals surface area contributed by atoms with Gasteiger partial charge in [-0.05, 0) is 52.1 Å². The van der Waals surface area contributed by atoms with Crippen molar-refractivity contribution in [2.24, 2.45) is 0 Å². The van der Waals surface area contributed by atoms with E-state index in [1.54, 1.807) is 38.3 Å². The molecule has 0 aromatic carbocycles. The summed E-state index contributed by atoms with van der Waals surface area (Å²) in [7, 11) is 0. The van der Waals surface area contributed by atoms with Crippen LogP contribution in [0.3, 0.4) is 0 Å². The molecular formula is C23H23N7O4S. The largest absolute Gasteiger partial charge is 0.461 e. The number of carbonyl (C=O) groups is 2. The average molecular weight is 494 g/mol. The van der Waals surface area contributed by atoms with E-state index in [-0.39, 0.29) is 5.56 Å². The van der Waals surface area contributed by atoms with Crippen LogP contribution in [0.5, 0.6) is 0 Å². The Bertz CT molecular complexity index is 1380. The van der Waals surface area contributed by atoms with Gasteiger partial charge < -0.3 is 14.5 Å². The summed E-state index contributed by atoms with van der Waals surface area (Å²) in [4.78, 5) is 42.9. The zero-order valence-corrected chi connectivity index (χ0v) is 20.6. The van der Waals surface area contributed by atoms with Crippen molar-refractivity contribution in [1.82, 2.24) is 29.7 Å². The number of aryl methyl sites for hydroxylation is 4. The summed E-state index contributed by atoms with van der Waals surface area (Å²) >= 11 is 1.27. The van der Waals surface area contributed by atoms with Gasteiger partial charge in [0.05, 0.1) is 17.7 Å². The molecule has 0 radical (unpaired) electrons. The molecule has 0 unspecified atom stereocenters. The van der Waals surface area contributed by atoms with Gasteiger partial charge in [-0.3, -0.25) is 4.79 Å². The molecule has 11 nitrogen and oxygen atoms in total. The van der Waals surface area contributed by atoms with E-state index in [4.69, 9.17) is 9.15 Å². The molecule has 0 saturated heterocycles. The second kappa shape index (κ2) is 10.1. The standard InChI is InChI=1S/C23H23N7O4S/c1-12-9-13(2)25-23(24-12)30-17(10-14(3)29-30)27-18(31)11-34-22(32)19-15(4)26-20(28-21(19)35-5)16-7-6-8-33-16/h6-10H,11H2,1-5H3,(H,27,31). The fourth-order valence-electron chi connectivity index (χ4n) is 3.37. The number of anilines is 1. The van der Waals surface area contributed by atoms with Crippen LogP contribution < -0.4 is 5.32 Å². The summed E-state index contributed by atoms with van der Waals surface area (Å²) in [6, 6.07) is 6.98. The summed E-state index contributed by atoms with van der Waals surface area (Å²) in [5, 5.41) is 7.49. The van der Waals surface area contributed by atoms with Crippen LogP contribution >= 0.6 is 11.8 Å². The second-order valence-corrected chi connectivity index (χ2v) is 8.45. The predicted molar refractivity (Wildman–Crippen MR) is 129 cm³/mol. The molecule has 35 heavy (non-hydrogen) atoms. The van der Waals surface area contributed by atoms with E-state index >= 15 is 0 Å². The number of hydrogen-bond donors (Lipinski definition) is 1. The van der Waals surface area contributed by atoms with Gasteiger partial charge in [0.15, 0.2) is 18.2 Å². The Labute approximate surface area is 205 Å². The van der Waals surface area contributed by atoms with Crippen molar-refractivity contribution in [1.29, 1.82) is 0 Å².